The summed E-state index contributed by atoms with van der Waals surface area (Å²) < 4.78 is 11.3. The van der Waals surface area contributed by atoms with E-state index in [-0.39, 0.29) is 0 Å². The van der Waals surface area contributed by atoms with Crippen LogP contribution in [0.1, 0.15) is 22.3 Å². The first kappa shape index (κ1) is 16.6. The fourth-order valence-corrected chi connectivity index (χ4v) is 2.22. The van der Waals surface area contributed by atoms with Crippen molar-refractivity contribution in [3.63, 3.8) is 0 Å². The van der Waals surface area contributed by atoms with Crippen molar-refractivity contribution in [3.05, 3.63) is 64.7 Å². The van der Waals surface area contributed by atoms with Crippen molar-refractivity contribution in [1.29, 1.82) is 0 Å². The Balaban J connectivity index is 2.22. The van der Waals surface area contributed by atoms with Gasteiger partial charge in [-0.3, -0.25) is 0 Å². The van der Waals surface area contributed by atoms with Crippen LogP contribution in [0.4, 0.5) is 0 Å². The highest BCUT2D eigenvalue weighted by Crippen LogP contribution is 2.25. The summed E-state index contributed by atoms with van der Waals surface area (Å²) in [6, 6.07) is 11.4. The molecule has 0 amide bonds. The summed E-state index contributed by atoms with van der Waals surface area (Å²) >= 11 is 0. The van der Waals surface area contributed by atoms with E-state index in [1.165, 1.54) is 5.56 Å². The minimum Gasteiger partial charge on any atom is -0.496 e. The number of benzene rings is 2. The molecule has 0 heterocycles. The quantitative estimate of drug-likeness (QED) is 0.819. The van der Waals surface area contributed by atoms with Crippen molar-refractivity contribution in [2.24, 2.45) is 0 Å². The molecule has 0 aliphatic carbocycles. The first-order valence-electron chi connectivity index (χ1n) is 7.28. The fourth-order valence-electron chi connectivity index (χ4n) is 2.22. The zero-order chi connectivity index (χ0) is 16.8. The average molecular weight is 312 g/mol. The van der Waals surface area contributed by atoms with E-state index in [1.54, 1.807) is 19.3 Å². The minimum absolute atomic E-state index is 0.349. The van der Waals surface area contributed by atoms with Gasteiger partial charge in [0.25, 0.3) is 0 Å². The molecule has 0 aromatic heterocycles. The normalized spacial score (nSPS) is 10.7. The van der Waals surface area contributed by atoms with E-state index < -0.39 is 5.97 Å². The van der Waals surface area contributed by atoms with Crippen molar-refractivity contribution in [1.82, 2.24) is 0 Å². The van der Waals surface area contributed by atoms with Crippen LogP contribution in [-0.2, 0) is 11.4 Å². The number of carbonyl (C=O) groups is 1. The molecule has 23 heavy (non-hydrogen) atoms. The number of carboxylic acid groups (broad SMARTS) is 1. The summed E-state index contributed by atoms with van der Waals surface area (Å²) in [4.78, 5) is 10.6. The lowest BCUT2D eigenvalue weighted by atomic mass is 10.1. The van der Waals surface area contributed by atoms with Crippen LogP contribution >= 0.6 is 0 Å². The number of hydrogen-bond acceptors (Lipinski definition) is 3. The van der Waals surface area contributed by atoms with E-state index in [0.29, 0.717) is 12.4 Å². The Morgan fingerprint density at radius 3 is 2.65 bits per heavy atom. The van der Waals surface area contributed by atoms with Crippen molar-refractivity contribution in [2.75, 3.05) is 7.11 Å². The molecule has 0 radical (unpaired) electrons. The third-order valence-corrected chi connectivity index (χ3v) is 3.66. The van der Waals surface area contributed by atoms with Gasteiger partial charge < -0.3 is 14.6 Å². The van der Waals surface area contributed by atoms with E-state index in [9.17, 15) is 4.79 Å². The second-order valence-electron chi connectivity index (χ2n) is 5.23. The third-order valence-electron chi connectivity index (χ3n) is 3.66. The standard InChI is InChI=1S/C19H20O4/c1-13-5-4-6-17(14(13)2)23-12-16-11-15(8-10-19(20)21)7-9-18(16)22-3/h4-11H,12H2,1-3H3,(H,20,21)/b10-8+. The van der Waals surface area contributed by atoms with Gasteiger partial charge in [-0.15, -0.1) is 0 Å². The molecule has 1 N–H and O–H groups in total. The van der Waals surface area contributed by atoms with Crippen LogP contribution in [0.15, 0.2) is 42.5 Å². The monoisotopic (exact) mass is 312 g/mol. The average Bonchev–Trinajstić information content (AvgIpc) is 2.54. The maximum absolute atomic E-state index is 10.6. The number of aryl methyl sites for hydroxylation is 1. The van der Waals surface area contributed by atoms with Gasteiger partial charge in [-0.25, -0.2) is 4.79 Å². The Morgan fingerprint density at radius 1 is 1.17 bits per heavy atom. The summed E-state index contributed by atoms with van der Waals surface area (Å²) in [7, 11) is 1.60. The summed E-state index contributed by atoms with van der Waals surface area (Å²) in [5.41, 5.74) is 3.93. The maximum atomic E-state index is 10.6. The summed E-state index contributed by atoms with van der Waals surface area (Å²) in [5, 5.41) is 8.72. The lowest BCUT2D eigenvalue weighted by molar-refractivity contribution is -0.131. The number of aliphatic carboxylic acids is 1. The van der Waals surface area contributed by atoms with Gasteiger partial charge in [0.1, 0.15) is 18.1 Å². The molecule has 4 heteroatoms. The van der Waals surface area contributed by atoms with Gasteiger partial charge >= 0.3 is 5.97 Å². The van der Waals surface area contributed by atoms with E-state index >= 15 is 0 Å². The highest BCUT2D eigenvalue weighted by molar-refractivity contribution is 5.85. The predicted molar refractivity (Wildman–Crippen MR) is 89.9 cm³/mol. The van der Waals surface area contributed by atoms with Crippen molar-refractivity contribution in [3.8, 4) is 11.5 Å². The summed E-state index contributed by atoms with van der Waals surface area (Å²) in [6.45, 7) is 4.41. The zero-order valence-corrected chi connectivity index (χ0v) is 13.5. The van der Waals surface area contributed by atoms with Gasteiger partial charge in [0, 0.05) is 11.6 Å². The van der Waals surface area contributed by atoms with Crippen molar-refractivity contribution < 1.29 is 19.4 Å². The van der Waals surface area contributed by atoms with E-state index in [4.69, 9.17) is 14.6 Å². The van der Waals surface area contributed by atoms with Gasteiger partial charge in [0.15, 0.2) is 0 Å². The molecule has 2 aromatic rings. The molecule has 0 aliphatic heterocycles. The molecule has 0 unspecified atom stereocenters. The van der Waals surface area contributed by atoms with Crippen LogP contribution in [0.3, 0.4) is 0 Å². The zero-order valence-electron chi connectivity index (χ0n) is 13.5. The molecule has 0 bridgehead atoms. The highest BCUT2D eigenvalue weighted by Gasteiger charge is 2.07. The van der Waals surface area contributed by atoms with Crippen molar-refractivity contribution in [2.45, 2.75) is 20.5 Å². The number of hydrogen-bond donors (Lipinski definition) is 1. The van der Waals surface area contributed by atoms with Gasteiger partial charge in [-0.2, -0.15) is 0 Å². The Bertz CT molecular complexity index is 732. The lowest BCUT2D eigenvalue weighted by Gasteiger charge is -2.13. The lowest BCUT2D eigenvalue weighted by Crippen LogP contribution is -2.01. The number of methoxy groups -OCH3 is 1. The molecule has 0 saturated heterocycles. The molecule has 0 saturated carbocycles. The summed E-state index contributed by atoms with van der Waals surface area (Å²) in [6.07, 6.45) is 2.65. The predicted octanol–water partition coefficient (Wildman–Crippen LogP) is 3.99. The molecule has 2 aromatic carbocycles. The van der Waals surface area contributed by atoms with Gasteiger partial charge in [-0.1, -0.05) is 18.2 Å². The molecule has 2 rings (SSSR count). The fraction of sp³-hybridized carbons (Fsp3) is 0.211. The largest absolute Gasteiger partial charge is 0.496 e. The van der Waals surface area contributed by atoms with Crippen LogP contribution in [0, 0.1) is 13.8 Å². The Kier molecular flexibility index (Phi) is 5.41. The van der Waals surface area contributed by atoms with Crippen LogP contribution in [-0.4, -0.2) is 18.2 Å². The molecule has 4 nitrogen and oxygen atoms in total. The second-order valence-corrected chi connectivity index (χ2v) is 5.23. The SMILES string of the molecule is COc1ccc(/C=C/C(=O)O)cc1COc1cccc(C)c1C. The molecule has 0 fully saturated rings. The molecular weight excluding hydrogens is 292 g/mol. The Morgan fingerprint density at radius 2 is 1.96 bits per heavy atom. The first-order valence-corrected chi connectivity index (χ1v) is 7.28. The smallest absolute Gasteiger partial charge is 0.328 e. The van der Waals surface area contributed by atoms with Gasteiger partial charge in [0.05, 0.1) is 7.11 Å². The van der Waals surface area contributed by atoms with Gasteiger partial charge in [-0.05, 0) is 54.8 Å². The molecule has 120 valence electrons. The molecular formula is C19H20O4. The Labute approximate surface area is 136 Å². The van der Waals surface area contributed by atoms with Crippen molar-refractivity contribution >= 4 is 12.0 Å². The number of rotatable bonds is 6. The highest BCUT2D eigenvalue weighted by atomic mass is 16.5. The van der Waals surface area contributed by atoms with E-state index in [2.05, 4.69) is 0 Å². The number of ether oxygens (including phenoxy) is 2. The molecule has 0 spiro atoms. The van der Waals surface area contributed by atoms with Crippen LogP contribution in [0.25, 0.3) is 6.08 Å². The van der Waals surface area contributed by atoms with Crippen LogP contribution in [0.5, 0.6) is 11.5 Å². The van der Waals surface area contributed by atoms with Gasteiger partial charge in [0.2, 0.25) is 0 Å². The van der Waals surface area contributed by atoms with E-state index in [1.807, 2.05) is 44.2 Å². The summed E-state index contributed by atoms with van der Waals surface area (Å²) in [5.74, 6) is 0.565. The number of carboxylic acids is 1. The minimum atomic E-state index is -0.978. The van der Waals surface area contributed by atoms with Crippen LogP contribution in [0.2, 0.25) is 0 Å². The van der Waals surface area contributed by atoms with Crippen LogP contribution < -0.4 is 9.47 Å². The maximum Gasteiger partial charge on any atom is 0.328 e. The first-order chi connectivity index (χ1) is 11.0. The Hall–Kier alpha value is -2.75. The topological polar surface area (TPSA) is 55.8 Å². The third kappa shape index (κ3) is 4.36. The van der Waals surface area contributed by atoms with E-state index in [0.717, 1.165) is 28.5 Å². The second kappa shape index (κ2) is 7.49. The molecule has 0 aliphatic rings. The molecule has 0 atom stereocenters.